The van der Waals surface area contributed by atoms with Crippen LogP contribution in [0.15, 0.2) is 97.1 Å². The largest absolute Gasteiger partial charge is 0.465 e. The highest BCUT2D eigenvalue weighted by atomic mass is 16.6. The Bertz CT molecular complexity index is 2030. The van der Waals surface area contributed by atoms with Gasteiger partial charge in [0, 0.05) is 0 Å². The summed E-state index contributed by atoms with van der Waals surface area (Å²) in [6, 6.07) is 29.8. The number of hydrogen-bond donors (Lipinski definition) is 0. The maximum Gasteiger partial charge on any atom is 0.324 e. The van der Waals surface area contributed by atoms with Gasteiger partial charge in [0.05, 0.1) is 66.1 Å². The lowest BCUT2D eigenvalue weighted by atomic mass is 9.75. The topological polar surface area (TPSA) is 176 Å². The highest BCUT2D eigenvalue weighted by Crippen LogP contribution is 2.35. The van der Waals surface area contributed by atoms with Gasteiger partial charge in [-0.3, -0.25) is 28.8 Å². The van der Waals surface area contributed by atoms with Crippen molar-refractivity contribution >= 4 is 35.8 Å². The van der Waals surface area contributed by atoms with Crippen molar-refractivity contribution in [3.8, 4) is 0 Å². The predicted molar refractivity (Wildman–Crippen MR) is 247 cm³/mol. The third-order valence-electron chi connectivity index (χ3n) is 10.5. The van der Waals surface area contributed by atoms with E-state index in [1.54, 1.807) is 77.9 Å². The minimum absolute atomic E-state index is 0.0450. The van der Waals surface area contributed by atoms with Crippen LogP contribution in [0.4, 0.5) is 0 Å². The Balaban J connectivity index is 1.88. The molecule has 0 aromatic heterocycles. The molecule has 0 N–H and O–H groups in total. The van der Waals surface area contributed by atoms with Gasteiger partial charge in [0.2, 0.25) is 0 Å². The Morgan fingerprint density at radius 1 is 0.373 bits per heavy atom. The van der Waals surface area contributed by atoms with E-state index in [4.69, 9.17) is 37.9 Å². The maximum atomic E-state index is 14.6. The van der Waals surface area contributed by atoms with E-state index >= 15 is 0 Å². The molecule has 0 atom stereocenters. The second-order valence-corrected chi connectivity index (χ2v) is 15.7. The van der Waals surface area contributed by atoms with E-state index in [9.17, 15) is 28.8 Å². The van der Waals surface area contributed by atoms with E-state index in [1.807, 2.05) is 60.7 Å². The second kappa shape index (κ2) is 27.9. The van der Waals surface area contributed by atoms with Gasteiger partial charge in [0.1, 0.15) is 0 Å². The molecule has 0 fully saturated rings. The standard InChI is InChI=1S/C53H64O14/c1-7-62-47(54)45(48(55)63-8-2)29-39-23-41(27-43(25-39)35-60-33-37-19-15-13-16-20-37)31-53(51(58)66-11-5,52(59)67-12-6)32-42-24-40(30-46(49(56)64-9-3)50(57)65-10-4)26-44(28-42)36-61-34-38-21-17-14-18-22-38/h13-28,45-46H,7-12,29-36H2,1-6H3. The Kier molecular flexibility index (Phi) is 22.2. The van der Waals surface area contributed by atoms with Crippen molar-refractivity contribution in [2.75, 3.05) is 39.6 Å². The quantitative estimate of drug-likeness (QED) is 0.0309. The monoisotopic (exact) mass is 924 g/mol. The molecule has 0 aliphatic rings. The van der Waals surface area contributed by atoms with Crippen molar-refractivity contribution in [2.24, 2.45) is 17.3 Å². The van der Waals surface area contributed by atoms with Gasteiger partial charge in [-0.15, -0.1) is 0 Å². The summed E-state index contributed by atoms with van der Waals surface area (Å²) >= 11 is 0. The molecular formula is C53H64O14. The van der Waals surface area contributed by atoms with Crippen LogP contribution in [0, 0.1) is 17.3 Å². The zero-order chi connectivity index (χ0) is 48.6. The molecule has 0 spiro atoms. The molecule has 0 aliphatic heterocycles. The fraction of sp³-hybridized carbons (Fsp3) is 0.434. The smallest absolute Gasteiger partial charge is 0.324 e. The molecule has 67 heavy (non-hydrogen) atoms. The number of hydrogen-bond acceptors (Lipinski definition) is 14. The van der Waals surface area contributed by atoms with E-state index in [1.165, 1.54) is 0 Å². The molecule has 0 unspecified atom stereocenters. The number of rotatable bonds is 28. The fourth-order valence-corrected chi connectivity index (χ4v) is 7.65. The van der Waals surface area contributed by atoms with Crippen LogP contribution in [0.1, 0.15) is 86.1 Å². The number of carbonyl (C=O) groups excluding carboxylic acids is 6. The van der Waals surface area contributed by atoms with Gasteiger partial charge in [-0.2, -0.15) is 0 Å². The minimum Gasteiger partial charge on any atom is -0.465 e. The highest BCUT2D eigenvalue weighted by molar-refractivity contribution is 6.01. The van der Waals surface area contributed by atoms with Crippen LogP contribution in [-0.2, 0) is 119 Å². The Morgan fingerprint density at radius 3 is 0.970 bits per heavy atom. The van der Waals surface area contributed by atoms with Crippen molar-refractivity contribution in [3.63, 3.8) is 0 Å². The number of ether oxygens (including phenoxy) is 8. The maximum absolute atomic E-state index is 14.6. The first kappa shape index (κ1) is 53.2. The molecule has 4 aromatic rings. The van der Waals surface area contributed by atoms with E-state index in [0.717, 1.165) is 11.1 Å². The second-order valence-electron chi connectivity index (χ2n) is 15.7. The zero-order valence-corrected chi connectivity index (χ0v) is 39.5. The van der Waals surface area contributed by atoms with E-state index in [2.05, 4.69) is 0 Å². The molecule has 0 bridgehead atoms. The number of carbonyl (C=O) groups is 6. The van der Waals surface area contributed by atoms with Crippen LogP contribution in [0.3, 0.4) is 0 Å². The van der Waals surface area contributed by atoms with Crippen molar-refractivity contribution in [3.05, 3.63) is 142 Å². The molecule has 0 radical (unpaired) electrons. The first-order chi connectivity index (χ1) is 32.4. The van der Waals surface area contributed by atoms with Gasteiger partial charge in [-0.05, 0) is 112 Å². The van der Waals surface area contributed by atoms with Crippen LogP contribution in [0.25, 0.3) is 0 Å². The lowest BCUT2D eigenvalue weighted by Gasteiger charge is -2.30. The van der Waals surface area contributed by atoms with Crippen LogP contribution in [0.5, 0.6) is 0 Å². The van der Waals surface area contributed by atoms with E-state index in [0.29, 0.717) is 33.4 Å². The first-order valence-electron chi connectivity index (χ1n) is 22.9. The van der Waals surface area contributed by atoms with Gasteiger partial charge in [0.15, 0.2) is 17.3 Å². The molecule has 0 saturated heterocycles. The molecule has 14 nitrogen and oxygen atoms in total. The average Bonchev–Trinajstić information content (AvgIpc) is 3.30. The van der Waals surface area contributed by atoms with Crippen LogP contribution in [0.2, 0.25) is 0 Å². The normalized spacial score (nSPS) is 11.2. The summed E-state index contributed by atoms with van der Waals surface area (Å²) in [5.41, 5.74) is 3.16. The molecule has 360 valence electrons. The van der Waals surface area contributed by atoms with Gasteiger partial charge >= 0.3 is 35.8 Å². The summed E-state index contributed by atoms with van der Waals surface area (Å²) in [6.07, 6.45) is -0.711. The average molecular weight is 925 g/mol. The highest BCUT2D eigenvalue weighted by Gasteiger charge is 2.49. The van der Waals surface area contributed by atoms with Gasteiger partial charge in [-0.25, -0.2) is 0 Å². The van der Waals surface area contributed by atoms with Crippen molar-refractivity contribution in [1.82, 2.24) is 0 Å². The summed E-state index contributed by atoms with van der Waals surface area (Å²) < 4.78 is 44.8. The van der Waals surface area contributed by atoms with E-state index < -0.39 is 53.1 Å². The number of esters is 6. The molecule has 4 aromatic carbocycles. The lowest BCUT2D eigenvalue weighted by molar-refractivity contribution is -0.172. The van der Waals surface area contributed by atoms with Crippen LogP contribution >= 0.6 is 0 Å². The van der Waals surface area contributed by atoms with Gasteiger partial charge in [0.25, 0.3) is 0 Å². The minimum atomic E-state index is -2.00. The third kappa shape index (κ3) is 16.5. The van der Waals surface area contributed by atoms with Gasteiger partial charge in [-0.1, -0.05) is 97.1 Å². The molecule has 14 heteroatoms. The van der Waals surface area contributed by atoms with Crippen molar-refractivity contribution in [2.45, 2.75) is 93.7 Å². The predicted octanol–water partition coefficient (Wildman–Crippen LogP) is 7.59. The molecular weight excluding hydrogens is 861 g/mol. The SMILES string of the molecule is CCOC(=O)C(Cc1cc(COCc2ccccc2)cc(CC(Cc2cc(COCc3ccccc3)cc(CC(C(=O)OCC)C(=O)OCC)c2)(C(=O)OCC)C(=O)OCC)c1)C(=O)OCC. The molecule has 0 amide bonds. The summed E-state index contributed by atoms with van der Waals surface area (Å²) in [6.45, 7) is 10.7. The van der Waals surface area contributed by atoms with Crippen molar-refractivity contribution < 1.29 is 66.7 Å². The van der Waals surface area contributed by atoms with Crippen molar-refractivity contribution in [1.29, 1.82) is 0 Å². The summed E-state index contributed by atoms with van der Waals surface area (Å²) in [4.78, 5) is 81.9. The molecule has 0 heterocycles. The molecule has 0 aliphatic carbocycles. The van der Waals surface area contributed by atoms with Crippen LogP contribution in [-0.4, -0.2) is 75.5 Å². The van der Waals surface area contributed by atoms with E-state index in [-0.39, 0.29) is 91.8 Å². The molecule has 4 rings (SSSR count). The number of benzene rings is 4. The summed E-state index contributed by atoms with van der Waals surface area (Å²) in [5, 5.41) is 0. The zero-order valence-electron chi connectivity index (χ0n) is 39.5. The molecule has 0 saturated carbocycles. The van der Waals surface area contributed by atoms with Gasteiger partial charge < -0.3 is 37.9 Å². The lowest BCUT2D eigenvalue weighted by Crippen LogP contribution is -2.46. The van der Waals surface area contributed by atoms with Crippen LogP contribution < -0.4 is 0 Å². The Labute approximate surface area is 393 Å². The fourth-order valence-electron chi connectivity index (χ4n) is 7.65. The third-order valence-corrected chi connectivity index (χ3v) is 10.5. The summed E-state index contributed by atoms with van der Waals surface area (Å²) in [5.74, 6) is -7.30. The first-order valence-corrected chi connectivity index (χ1v) is 22.9. The Morgan fingerprint density at radius 2 is 0.657 bits per heavy atom. The Hall–Kier alpha value is -6.38. The summed E-state index contributed by atoms with van der Waals surface area (Å²) in [7, 11) is 0.